The standard InChI is InChI=1S/C15H23NO.H2/c1-4-10-16-15(17)14(12(2)3)11-13-8-6-5-7-9-13;/h5-9,12,14H,4,10-11H2,1-3H3,(H,16,17);1H/t14-;/m1./s1. The van der Waals surface area contributed by atoms with Gasteiger partial charge in [0.25, 0.3) is 0 Å². The lowest BCUT2D eigenvalue weighted by molar-refractivity contribution is -0.126. The predicted octanol–water partition coefficient (Wildman–Crippen LogP) is 3.27. The van der Waals surface area contributed by atoms with Crippen LogP contribution in [0.5, 0.6) is 0 Å². The molecule has 2 nitrogen and oxygen atoms in total. The molecule has 2 heteroatoms. The number of rotatable bonds is 6. The Morgan fingerprint density at radius 1 is 1.29 bits per heavy atom. The summed E-state index contributed by atoms with van der Waals surface area (Å²) in [5.41, 5.74) is 1.23. The van der Waals surface area contributed by atoms with Crippen molar-refractivity contribution in [2.24, 2.45) is 11.8 Å². The number of carbonyl (C=O) groups is 1. The van der Waals surface area contributed by atoms with Crippen LogP contribution in [0.1, 0.15) is 34.2 Å². The zero-order chi connectivity index (χ0) is 12.7. The second-order valence-electron chi connectivity index (χ2n) is 4.83. The Morgan fingerprint density at radius 2 is 1.94 bits per heavy atom. The third kappa shape index (κ3) is 4.59. The third-order valence-electron chi connectivity index (χ3n) is 2.99. The van der Waals surface area contributed by atoms with Gasteiger partial charge in [-0.3, -0.25) is 4.79 Å². The summed E-state index contributed by atoms with van der Waals surface area (Å²) in [6.45, 7) is 7.07. The number of amides is 1. The van der Waals surface area contributed by atoms with Crippen molar-refractivity contribution in [2.45, 2.75) is 33.6 Å². The zero-order valence-corrected chi connectivity index (χ0v) is 11.1. The maximum atomic E-state index is 12.0. The molecule has 0 unspecified atom stereocenters. The first kappa shape index (κ1) is 13.8. The van der Waals surface area contributed by atoms with Gasteiger partial charge in [0.1, 0.15) is 0 Å². The summed E-state index contributed by atoms with van der Waals surface area (Å²) in [4.78, 5) is 12.0. The maximum absolute atomic E-state index is 12.0. The molecule has 0 radical (unpaired) electrons. The third-order valence-corrected chi connectivity index (χ3v) is 2.99. The highest BCUT2D eigenvalue weighted by atomic mass is 16.1. The highest BCUT2D eigenvalue weighted by molar-refractivity contribution is 5.79. The fourth-order valence-electron chi connectivity index (χ4n) is 1.88. The molecule has 96 valence electrons. The Kier molecular flexibility index (Phi) is 5.75. The summed E-state index contributed by atoms with van der Waals surface area (Å²) in [6, 6.07) is 10.2. The molecule has 17 heavy (non-hydrogen) atoms. The van der Waals surface area contributed by atoms with E-state index in [1.54, 1.807) is 0 Å². The Hall–Kier alpha value is -1.31. The van der Waals surface area contributed by atoms with Gasteiger partial charge in [0, 0.05) is 13.9 Å². The van der Waals surface area contributed by atoms with Crippen molar-refractivity contribution in [1.82, 2.24) is 5.32 Å². The van der Waals surface area contributed by atoms with Gasteiger partial charge in [0.2, 0.25) is 5.91 Å². The first-order chi connectivity index (χ1) is 8.15. The van der Waals surface area contributed by atoms with Gasteiger partial charge in [0.05, 0.1) is 0 Å². The van der Waals surface area contributed by atoms with Gasteiger partial charge in [-0.2, -0.15) is 0 Å². The van der Waals surface area contributed by atoms with Crippen molar-refractivity contribution in [2.75, 3.05) is 6.54 Å². The largest absolute Gasteiger partial charge is 0.356 e. The van der Waals surface area contributed by atoms with Crippen molar-refractivity contribution in [3.63, 3.8) is 0 Å². The summed E-state index contributed by atoms with van der Waals surface area (Å²) in [7, 11) is 0. The molecule has 0 aliphatic heterocycles. The van der Waals surface area contributed by atoms with Crippen LogP contribution in [0.4, 0.5) is 0 Å². The van der Waals surface area contributed by atoms with Crippen molar-refractivity contribution in [3.8, 4) is 0 Å². The minimum atomic E-state index is 0. The molecule has 0 aliphatic rings. The van der Waals surface area contributed by atoms with Crippen LogP contribution in [-0.4, -0.2) is 12.5 Å². The lowest BCUT2D eigenvalue weighted by atomic mass is 9.88. The average Bonchev–Trinajstić information content (AvgIpc) is 2.34. The molecule has 1 aromatic rings. The van der Waals surface area contributed by atoms with E-state index in [1.165, 1.54) is 5.56 Å². The smallest absolute Gasteiger partial charge is 0.223 e. The van der Waals surface area contributed by atoms with Crippen molar-refractivity contribution in [3.05, 3.63) is 35.9 Å². The first-order valence-electron chi connectivity index (χ1n) is 6.46. The average molecular weight is 235 g/mol. The highest BCUT2D eigenvalue weighted by Gasteiger charge is 2.21. The summed E-state index contributed by atoms with van der Waals surface area (Å²) in [5, 5.41) is 3.00. The molecule has 0 spiro atoms. The molecule has 0 fully saturated rings. The van der Waals surface area contributed by atoms with Gasteiger partial charge >= 0.3 is 0 Å². The zero-order valence-electron chi connectivity index (χ0n) is 11.1. The molecular weight excluding hydrogens is 210 g/mol. The Bertz CT molecular complexity index is 338. The normalized spacial score (nSPS) is 12.5. The summed E-state index contributed by atoms with van der Waals surface area (Å²) in [6.07, 6.45) is 1.82. The Labute approximate surface area is 106 Å². The second-order valence-corrected chi connectivity index (χ2v) is 4.83. The quantitative estimate of drug-likeness (QED) is 0.805. The lowest BCUT2D eigenvalue weighted by Gasteiger charge is -2.20. The molecule has 1 atom stereocenters. The molecule has 1 amide bonds. The summed E-state index contributed by atoms with van der Waals surface area (Å²) >= 11 is 0. The van der Waals surface area contributed by atoms with E-state index in [1.807, 2.05) is 18.2 Å². The number of hydrogen-bond donors (Lipinski definition) is 1. The van der Waals surface area contributed by atoms with Crippen LogP contribution < -0.4 is 5.32 Å². The lowest BCUT2D eigenvalue weighted by Crippen LogP contribution is -2.35. The topological polar surface area (TPSA) is 29.1 Å². The molecule has 1 rings (SSSR count). The highest BCUT2D eigenvalue weighted by Crippen LogP contribution is 2.17. The van der Waals surface area contributed by atoms with Gasteiger partial charge in [-0.05, 0) is 24.3 Å². The van der Waals surface area contributed by atoms with Crippen LogP contribution in [-0.2, 0) is 11.2 Å². The molecule has 1 N–H and O–H groups in total. The number of carbonyl (C=O) groups excluding carboxylic acids is 1. The molecular formula is C15H25NO. The van der Waals surface area contributed by atoms with Crippen LogP contribution in [0.25, 0.3) is 0 Å². The van der Waals surface area contributed by atoms with E-state index in [4.69, 9.17) is 0 Å². The SMILES string of the molecule is CCCNC(=O)[C@H](Cc1ccccc1)C(C)C.[HH]. The second kappa shape index (κ2) is 7.10. The number of benzene rings is 1. The molecule has 0 heterocycles. The van der Waals surface area contributed by atoms with E-state index in [-0.39, 0.29) is 13.3 Å². The molecule has 0 saturated heterocycles. The van der Waals surface area contributed by atoms with Crippen LogP contribution in [0.2, 0.25) is 0 Å². The van der Waals surface area contributed by atoms with Gasteiger partial charge in [-0.1, -0.05) is 51.1 Å². The van der Waals surface area contributed by atoms with Crippen molar-refractivity contribution in [1.29, 1.82) is 0 Å². The van der Waals surface area contributed by atoms with Gasteiger partial charge in [0.15, 0.2) is 0 Å². The van der Waals surface area contributed by atoms with E-state index < -0.39 is 0 Å². The number of nitrogens with one attached hydrogen (secondary N) is 1. The van der Waals surface area contributed by atoms with Gasteiger partial charge < -0.3 is 5.32 Å². The van der Waals surface area contributed by atoms with E-state index >= 15 is 0 Å². The fraction of sp³-hybridized carbons (Fsp3) is 0.533. The van der Waals surface area contributed by atoms with Crippen LogP contribution in [0.15, 0.2) is 30.3 Å². The van der Waals surface area contributed by atoms with Crippen LogP contribution in [0, 0.1) is 11.8 Å². The maximum Gasteiger partial charge on any atom is 0.223 e. The Balaban J connectivity index is 0.00000289. The molecule has 1 aromatic carbocycles. The minimum Gasteiger partial charge on any atom is -0.356 e. The number of hydrogen-bond acceptors (Lipinski definition) is 1. The fourth-order valence-corrected chi connectivity index (χ4v) is 1.88. The molecule has 0 aromatic heterocycles. The summed E-state index contributed by atoms with van der Waals surface area (Å²) in [5.74, 6) is 0.627. The van der Waals surface area contributed by atoms with E-state index in [0.29, 0.717) is 5.92 Å². The van der Waals surface area contributed by atoms with Crippen LogP contribution in [0.3, 0.4) is 0 Å². The molecule has 0 saturated carbocycles. The van der Waals surface area contributed by atoms with Crippen molar-refractivity contribution >= 4 is 5.91 Å². The predicted molar refractivity (Wildman–Crippen MR) is 73.9 cm³/mol. The first-order valence-corrected chi connectivity index (χ1v) is 6.46. The molecule has 0 bridgehead atoms. The molecule has 0 aliphatic carbocycles. The monoisotopic (exact) mass is 235 g/mol. The van der Waals surface area contributed by atoms with Gasteiger partial charge in [-0.15, -0.1) is 0 Å². The summed E-state index contributed by atoms with van der Waals surface area (Å²) < 4.78 is 0. The Morgan fingerprint density at radius 3 is 2.47 bits per heavy atom. The van der Waals surface area contributed by atoms with E-state index in [0.717, 1.165) is 19.4 Å². The van der Waals surface area contributed by atoms with Crippen molar-refractivity contribution < 1.29 is 6.22 Å². The van der Waals surface area contributed by atoms with E-state index in [9.17, 15) is 4.79 Å². The minimum absolute atomic E-state index is 0. The van der Waals surface area contributed by atoms with E-state index in [2.05, 4.69) is 38.2 Å². The van der Waals surface area contributed by atoms with Crippen LogP contribution >= 0.6 is 0 Å². The van der Waals surface area contributed by atoms with Gasteiger partial charge in [-0.25, -0.2) is 0 Å².